The fraction of sp³-hybridized carbons (Fsp3) is 0.143. The van der Waals surface area contributed by atoms with Gasteiger partial charge in [-0.15, -0.1) is 0 Å². The Balaban J connectivity index is 1.24. The van der Waals surface area contributed by atoms with E-state index < -0.39 is 0 Å². The Morgan fingerprint density at radius 3 is 2.22 bits per heavy atom. The summed E-state index contributed by atoms with van der Waals surface area (Å²) in [5, 5.41) is 5.27. The van der Waals surface area contributed by atoms with Gasteiger partial charge in [0.25, 0.3) is 11.5 Å². The molecule has 178 valence electrons. The van der Waals surface area contributed by atoms with Gasteiger partial charge in [-0.1, -0.05) is 60.7 Å². The van der Waals surface area contributed by atoms with Gasteiger partial charge in [0.2, 0.25) is 5.95 Å². The monoisotopic (exact) mass is 476 g/mol. The highest BCUT2D eigenvalue weighted by Crippen LogP contribution is 2.25. The molecule has 1 fully saturated rings. The molecule has 2 aromatic heterocycles. The number of nitrogens with zero attached hydrogens (tertiary/aromatic N) is 5. The highest BCUT2D eigenvalue weighted by Gasteiger charge is 2.26. The Morgan fingerprint density at radius 2 is 1.47 bits per heavy atom. The molecule has 0 radical (unpaired) electrons. The van der Waals surface area contributed by atoms with Gasteiger partial charge in [-0.3, -0.25) is 14.6 Å². The largest absolute Gasteiger partial charge is 0.339 e. The van der Waals surface area contributed by atoms with E-state index in [-0.39, 0.29) is 11.5 Å². The van der Waals surface area contributed by atoms with Gasteiger partial charge in [0.05, 0.1) is 22.3 Å². The van der Waals surface area contributed by atoms with E-state index in [4.69, 9.17) is 5.10 Å². The number of benzene rings is 3. The van der Waals surface area contributed by atoms with Crippen molar-refractivity contribution in [3.05, 3.63) is 107 Å². The molecule has 3 heterocycles. The summed E-state index contributed by atoms with van der Waals surface area (Å²) in [4.78, 5) is 37.3. The molecule has 8 heteroatoms. The Kier molecular flexibility index (Phi) is 5.53. The lowest BCUT2D eigenvalue weighted by Crippen LogP contribution is -2.49. The second kappa shape index (κ2) is 9.14. The average molecular weight is 477 g/mol. The van der Waals surface area contributed by atoms with Crippen molar-refractivity contribution in [3.63, 3.8) is 0 Å². The molecule has 0 bridgehead atoms. The van der Waals surface area contributed by atoms with Crippen LogP contribution >= 0.6 is 0 Å². The summed E-state index contributed by atoms with van der Waals surface area (Å²) < 4.78 is 1.82. The number of aromatic amines is 1. The quantitative estimate of drug-likeness (QED) is 0.427. The molecule has 0 atom stereocenters. The highest BCUT2D eigenvalue weighted by molar-refractivity contribution is 5.94. The van der Waals surface area contributed by atoms with Crippen LogP contribution in [-0.4, -0.2) is 56.7 Å². The van der Waals surface area contributed by atoms with Crippen molar-refractivity contribution in [3.8, 4) is 16.9 Å². The van der Waals surface area contributed by atoms with Crippen LogP contribution in [0.2, 0.25) is 0 Å². The lowest BCUT2D eigenvalue weighted by Gasteiger charge is -2.34. The molecule has 5 aromatic rings. The van der Waals surface area contributed by atoms with E-state index >= 15 is 0 Å². The topological polar surface area (TPSA) is 87.1 Å². The third-order valence-corrected chi connectivity index (χ3v) is 6.47. The van der Waals surface area contributed by atoms with Crippen molar-refractivity contribution in [2.75, 3.05) is 31.1 Å². The first-order valence-corrected chi connectivity index (χ1v) is 11.9. The number of hydrogen-bond donors (Lipinski definition) is 1. The molecular formula is C28H24N6O2. The van der Waals surface area contributed by atoms with Crippen molar-refractivity contribution in [2.24, 2.45) is 0 Å². The van der Waals surface area contributed by atoms with Crippen LogP contribution in [0.1, 0.15) is 10.5 Å². The summed E-state index contributed by atoms with van der Waals surface area (Å²) in [7, 11) is 0. The number of H-pyrrole nitrogens is 1. The molecule has 3 aromatic carbocycles. The smallest absolute Gasteiger partial charge is 0.274 e. The third-order valence-electron chi connectivity index (χ3n) is 6.47. The van der Waals surface area contributed by atoms with E-state index in [1.165, 1.54) is 0 Å². The molecule has 1 saturated heterocycles. The number of carbonyl (C=O) groups is 1. The maximum absolute atomic E-state index is 13.5. The summed E-state index contributed by atoms with van der Waals surface area (Å²) >= 11 is 0. The van der Waals surface area contributed by atoms with E-state index in [0.29, 0.717) is 48.7 Å². The number of piperazine rings is 1. The third kappa shape index (κ3) is 4.02. The molecule has 0 spiro atoms. The number of nitrogens with one attached hydrogen (secondary N) is 1. The summed E-state index contributed by atoms with van der Waals surface area (Å²) in [6.45, 7) is 2.15. The van der Waals surface area contributed by atoms with Crippen LogP contribution in [0, 0.1) is 0 Å². The van der Waals surface area contributed by atoms with Gasteiger partial charge in [-0.2, -0.15) is 5.10 Å². The van der Waals surface area contributed by atoms with Crippen molar-refractivity contribution < 1.29 is 4.79 Å². The number of amides is 1. The molecule has 8 nitrogen and oxygen atoms in total. The van der Waals surface area contributed by atoms with Crippen molar-refractivity contribution in [1.29, 1.82) is 0 Å². The zero-order valence-corrected chi connectivity index (χ0v) is 19.5. The van der Waals surface area contributed by atoms with Gasteiger partial charge in [-0.25, -0.2) is 9.67 Å². The maximum Gasteiger partial charge on any atom is 0.274 e. The SMILES string of the molecule is O=C(c1cc(-c2ccccc2)n(-c2ccccc2)n1)N1CCN(c2nc3ccccc3c(=O)[nH]2)CC1. The van der Waals surface area contributed by atoms with Gasteiger partial charge in [-0.05, 0) is 30.3 Å². The summed E-state index contributed by atoms with van der Waals surface area (Å²) in [5.74, 6) is 0.423. The molecule has 1 aliphatic heterocycles. The number of hydrogen-bond acceptors (Lipinski definition) is 5. The van der Waals surface area contributed by atoms with Gasteiger partial charge < -0.3 is 9.80 Å². The van der Waals surface area contributed by atoms with Crippen LogP contribution < -0.4 is 10.5 Å². The molecular weight excluding hydrogens is 452 g/mol. The van der Waals surface area contributed by atoms with Gasteiger partial charge in [0.1, 0.15) is 0 Å². The first kappa shape index (κ1) is 21.8. The molecule has 0 saturated carbocycles. The number of aromatic nitrogens is 4. The van der Waals surface area contributed by atoms with E-state index in [1.54, 1.807) is 6.07 Å². The number of fused-ring (bicyclic) bond motifs is 1. The predicted octanol–water partition coefficient (Wildman–Crippen LogP) is 3.74. The number of anilines is 1. The maximum atomic E-state index is 13.5. The van der Waals surface area contributed by atoms with Gasteiger partial charge in [0.15, 0.2) is 5.69 Å². The molecule has 6 rings (SSSR count). The van der Waals surface area contributed by atoms with Crippen LogP contribution in [0.15, 0.2) is 95.8 Å². The molecule has 1 amide bonds. The van der Waals surface area contributed by atoms with E-state index in [1.807, 2.05) is 99.4 Å². The molecule has 1 N–H and O–H groups in total. The zero-order chi connectivity index (χ0) is 24.5. The molecule has 36 heavy (non-hydrogen) atoms. The average Bonchev–Trinajstić information content (AvgIpc) is 3.39. The lowest BCUT2D eigenvalue weighted by atomic mass is 10.1. The first-order chi connectivity index (χ1) is 17.7. The van der Waals surface area contributed by atoms with Crippen molar-refractivity contribution in [1.82, 2.24) is 24.6 Å². The minimum Gasteiger partial charge on any atom is -0.339 e. The van der Waals surface area contributed by atoms with Gasteiger partial charge >= 0.3 is 0 Å². The minimum absolute atomic E-state index is 0.110. The fourth-order valence-electron chi connectivity index (χ4n) is 4.57. The van der Waals surface area contributed by atoms with Crippen LogP contribution in [0.3, 0.4) is 0 Å². The van der Waals surface area contributed by atoms with Crippen molar-refractivity contribution >= 4 is 22.8 Å². The van der Waals surface area contributed by atoms with Crippen LogP contribution in [0.5, 0.6) is 0 Å². The van der Waals surface area contributed by atoms with Crippen LogP contribution in [-0.2, 0) is 0 Å². The Labute approximate surface area is 207 Å². The predicted molar refractivity (Wildman–Crippen MR) is 139 cm³/mol. The van der Waals surface area contributed by atoms with Gasteiger partial charge in [0, 0.05) is 31.7 Å². The zero-order valence-electron chi connectivity index (χ0n) is 19.5. The Bertz CT molecular complexity index is 1530. The molecule has 1 aliphatic rings. The van der Waals surface area contributed by atoms with E-state index in [0.717, 1.165) is 16.9 Å². The van der Waals surface area contributed by atoms with Crippen LogP contribution in [0.25, 0.3) is 27.8 Å². The lowest BCUT2D eigenvalue weighted by molar-refractivity contribution is 0.0740. The first-order valence-electron chi connectivity index (χ1n) is 11.9. The van der Waals surface area contributed by atoms with E-state index in [2.05, 4.69) is 9.97 Å². The fourth-order valence-corrected chi connectivity index (χ4v) is 4.57. The standard InChI is InChI=1S/C28H24N6O2/c35-26-22-13-7-8-14-23(22)29-28(30-26)33-17-15-32(16-18-33)27(36)24-19-25(20-9-3-1-4-10-20)34(31-24)21-11-5-2-6-12-21/h1-14,19H,15-18H2,(H,29,30,35). The Hall–Kier alpha value is -4.72. The van der Waals surface area contributed by atoms with Crippen molar-refractivity contribution in [2.45, 2.75) is 0 Å². The summed E-state index contributed by atoms with van der Waals surface area (Å²) in [6, 6.07) is 28.9. The molecule has 0 aliphatic carbocycles. The van der Waals surface area contributed by atoms with Crippen LogP contribution in [0.4, 0.5) is 5.95 Å². The highest BCUT2D eigenvalue weighted by atomic mass is 16.2. The number of rotatable bonds is 4. The Morgan fingerprint density at radius 1 is 0.806 bits per heavy atom. The number of carbonyl (C=O) groups excluding carboxylic acids is 1. The second-order valence-electron chi connectivity index (χ2n) is 8.71. The minimum atomic E-state index is -0.158. The van der Waals surface area contributed by atoms with E-state index in [9.17, 15) is 9.59 Å². The normalized spacial score (nSPS) is 13.8. The number of para-hydroxylation sites is 2. The summed E-state index contributed by atoms with van der Waals surface area (Å²) in [6.07, 6.45) is 0. The summed E-state index contributed by atoms with van der Waals surface area (Å²) in [5.41, 5.74) is 3.66. The molecule has 0 unspecified atom stereocenters. The second-order valence-corrected chi connectivity index (χ2v) is 8.71.